The Hall–Kier alpha value is -1.34. The minimum absolute atomic E-state index is 0.141. The van der Waals surface area contributed by atoms with E-state index in [0.29, 0.717) is 22.2 Å². The van der Waals surface area contributed by atoms with Crippen LogP contribution in [-0.4, -0.2) is 24.0 Å². The smallest absolute Gasteiger partial charge is 0.408 e. The molecule has 0 bridgehead atoms. The molecule has 1 aromatic carbocycles. The largest absolute Gasteiger partial charge is 0.444 e. The zero-order valence-electron chi connectivity index (χ0n) is 12.2. The number of hydrogen-bond acceptors (Lipinski definition) is 4. The molecule has 0 aliphatic rings. The third-order valence-electron chi connectivity index (χ3n) is 2.41. The number of alkyl carbamates (subject to hydrolysis) is 1. The summed E-state index contributed by atoms with van der Waals surface area (Å²) in [4.78, 5) is 12.2. The van der Waals surface area contributed by atoms with Gasteiger partial charge in [0.15, 0.2) is 0 Å². The Morgan fingerprint density at radius 2 is 2.10 bits per heavy atom. The lowest BCUT2D eigenvalue weighted by atomic mass is 10.1. The molecule has 0 aliphatic heterocycles. The molecule has 3 N–H and O–H groups in total. The van der Waals surface area contributed by atoms with Crippen LogP contribution in [0.2, 0.25) is 0 Å². The highest BCUT2D eigenvalue weighted by molar-refractivity contribution is 7.99. The maximum atomic E-state index is 12.4. The number of nitrogens with one attached hydrogen (secondary N) is 1. The zero-order valence-corrected chi connectivity index (χ0v) is 13.0. The number of alkyl halides is 2. The number of hydrogen-bond donors (Lipinski definition) is 2. The average Bonchev–Trinajstić information content (AvgIpc) is 2.33. The Kier molecular flexibility index (Phi) is 6.42. The van der Waals surface area contributed by atoms with Crippen molar-refractivity contribution in [3.8, 4) is 0 Å². The van der Waals surface area contributed by atoms with Crippen LogP contribution in [0.4, 0.5) is 13.6 Å². The third kappa shape index (κ3) is 6.77. The van der Waals surface area contributed by atoms with Gasteiger partial charge < -0.3 is 15.8 Å². The highest BCUT2D eigenvalue weighted by Crippen LogP contribution is 2.27. The monoisotopic (exact) mass is 318 g/mol. The van der Waals surface area contributed by atoms with E-state index in [2.05, 4.69) is 5.32 Å². The van der Waals surface area contributed by atoms with E-state index in [4.69, 9.17) is 10.5 Å². The van der Waals surface area contributed by atoms with Crippen molar-refractivity contribution >= 4 is 17.9 Å². The standard InChI is InChI=1S/C14H20F2N2O2S/c1-14(2,3)20-13(19)18-11(8-17)9-5-4-6-10(7-9)21-12(15)16/h4-7,11-12H,8,17H2,1-3H3,(H,18,19). The maximum absolute atomic E-state index is 12.4. The fraction of sp³-hybridized carbons (Fsp3) is 0.500. The third-order valence-corrected chi connectivity index (χ3v) is 3.12. The lowest BCUT2D eigenvalue weighted by molar-refractivity contribution is 0.0505. The van der Waals surface area contributed by atoms with E-state index in [-0.39, 0.29) is 6.54 Å². The van der Waals surface area contributed by atoms with Gasteiger partial charge in [0, 0.05) is 11.4 Å². The normalized spacial score (nSPS) is 13.1. The predicted octanol–water partition coefficient (Wildman–Crippen LogP) is 3.53. The number of nitrogens with two attached hydrogens (primary N) is 1. The van der Waals surface area contributed by atoms with Crippen LogP contribution in [0, 0.1) is 0 Å². The molecule has 0 aromatic heterocycles. The van der Waals surface area contributed by atoms with Gasteiger partial charge in [-0.3, -0.25) is 0 Å². The SMILES string of the molecule is CC(C)(C)OC(=O)NC(CN)c1cccc(SC(F)F)c1. The van der Waals surface area contributed by atoms with Crippen LogP contribution in [0.15, 0.2) is 29.2 Å². The first-order chi connectivity index (χ1) is 9.71. The van der Waals surface area contributed by atoms with Crippen molar-refractivity contribution in [1.82, 2.24) is 5.32 Å². The molecule has 4 nitrogen and oxygen atoms in total. The van der Waals surface area contributed by atoms with Gasteiger partial charge in [0.1, 0.15) is 5.60 Å². The average molecular weight is 318 g/mol. The minimum Gasteiger partial charge on any atom is -0.444 e. The van der Waals surface area contributed by atoms with Crippen molar-refractivity contribution in [2.24, 2.45) is 5.73 Å². The predicted molar refractivity (Wildman–Crippen MR) is 79.5 cm³/mol. The highest BCUT2D eigenvalue weighted by Gasteiger charge is 2.20. The van der Waals surface area contributed by atoms with Crippen molar-refractivity contribution < 1.29 is 18.3 Å². The Morgan fingerprint density at radius 1 is 1.43 bits per heavy atom. The van der Waals surface area contributed by atoms with Crippen LogP contribution in [-0.2, 0) is 4.74 Å². The Bertz CT molecular complexity index is 478. The van der Waals surface area contributed by atoms with Gasteiger partial charge in [-0.2, -0.15) is 8.78 Å². The Labute approximate surface area is 127 Å². The molecule has 7 heteroatoms. The molecule has 0 saturated heterocycles. The van der Waals surface area contributed by atoms with Gasteiger partial charge in [0.2, 0.25) is 0 Å². The van der Waals surface area contributed by atoms with Crippen molar-refractivity contribution in [3.63, 3.8) is 0 Å². The Balaban J connectivity index is 2.78. The first kappa shape index (κ1) is 17.7. The molecular weight excluding hydrogens is 298 g/mol. The first-order valence-electron chi connectivity index (χ1n) is 6.45. The summed E-state index contributed by atoms with van der Waals surface area (Å²) in [5.74, 6) is -2.49. The van der Waals surface area contributed by atoms with Gasteiger partial charge in [-0.05, 0) is 38.5 Å². The molecule has 118 valence electrons. The van der Waals surface area contributed by atoms with Gasteiger partial charge in [-0.1, -0.05) is 23.9 Å². The van der Waals surface area contributed by atoms with Crippen molar-refractivity contribution in [3.05, 3.63) is 29.8 Å². The van der Waals surface area contributed by atoms with Crippen molar-refractivity contribution in [2.45, 2.75) is 43.1 Å². The van der Waals surface area contributed by atoms with Gasteiger partial charge in [-0.25, -0.2) is 4.79 Å². The Morgan fingerprint density at radius 3 is 2.62 bits per heavy atom. The molecule has 0 aliphatic carbocycles. The molecule has 0 fully saturated rings. The van der Waals surface area contributed by atoms with Crippen LogP contribution < -0.4 is 11.1 Å². The van der Waals surface area contributed by atoms with E-state index in [0.717, 1.165) is 0 Å². The summed E-state index contributed by atoms with van der Waals surface area (Å²) >= 11 is 0.451. The fourth-order valence-corrected chi connectivity index (χ4v) is 2.20. The molecule has 1 atom stereocenters. The van der Waals surface area contributed by atoms with E-state index in [9.17, 15) is 13.6 Å². The van der Waals surface area contributed by atoms with Crippen molar-refractivity contribution in [1.29, 1.82) is 0 Å². The number of amides is 1. The minimum atomic E-state index is -2.49. The molecule has 0 radical (unpaired) electrons. The zero-order chi connectivity index (χ0) is 16.0. The summed E-state index contributed by atoms with van der Waals surface area (Å²) in [6, 6.07) is 6.06. The fourth-order valence-electron chi connectivity index (χ4n) is 1.64. The second-order valence-electron chi connectivity index (χ2n) is 5.39. The van der Waals surface area contributed by atoms with Gasteiger partial charge in [0.25, 0.3) is 5.76 Å². The number of ether oxygens (including phenoxy) is 1. The van der Waals surface area contributed by atoms with Gasteiger partial charge >= 0.3 is 6.09 Å². The van der Waals surface area contributed by atoms with Gasteiger partial charge in [0.05, 0.1) is 6.04 Å². The summed E-state index contributed by atoms with van der Waals surface area (Å²) < 4.78 is 29.9. The van der Waals surface area contributed by atoms with Crippen molar-refractivity contribution in [2.75, 3.05) is 6.54 Å². The molecule has 0 saturated carbocycles. The number of carbonyl (C=O) groups is 1. The van der Waals surface area contributed by atoms with E-state index < -0.39 is 23.5 Å². The first-order valence-corrected chi connectivity index (χ1v) is 7.33. The number of carbonyl (C=O) groups excluding carboxylic acids is 1. The molecule has 1 amide bonds. The lowest BCUT2D eigenvalue weighted by Crippen LogP contribution is -2.37. The summed E-state index contributed by atoms with van der Waals surface area (Å²) in [5, 5.41) is 2.64. The second-order valence-corrected chi connectivity index (χ2v) is 6.45. The molecular formula is C14H20F2N2O2S. The summed E-state index contributed by atoms with van der Waals surface area (Å²) in [6.07, 6.45) is -0.593. The summed E-state index contributed by atoms with van der Waals surface area (Å²) in [7, 11) is 0. The molecule has 0 heterocycles. The van der Waals surface area contributed by atoms with Crippen LogP contribution in [0.3, 0.4) is 0 Å². The lowest BCUT2D eigenvalue weighted by Gasteiger charge is -2.23. The van der Waals surface area contributed by atoms with Crippen LogP contribution in [0.1, 0.15) is 32.4 Å². The summed E-state index contributed by atoms with van der Waals surface area (Å²) in [6.45, 7) is 5.40. The topological polar surface area (TPSA) is 64.3 Å². The number of benzene rings is 1. The number of halogens is 2. The highest BCUT2D eigenvalue weighted by atomic mass is 32.2. The number of thioether (sulfide) groups is 1. The van der Waals surface area contributed by atoms with Crippen LogP contribution in [0.5, 0.6) is 0 Å². The maximum Gasteiger partial charge on any atom is 0.408 e. The number of rotatable bonds is 5. The second kappa shape index (κ2) is 7.61. The van der Waals surface area contributed by atoms with Crippen LogP contribution >= 0.6 is 11.8 Å². The molecule has 0 spiro atoms. The van der Waals surface area contributed by atoms with Gasteiger partial charge in [-0.15, -0.1) is 0 Å². The molecule has 21 heavy (non-hydrogen) atoms. The van der Waals surface area contributed by atoms with E-state index in [1.165, 1.54) is 0 Å². The summed E-state index contributed by atoms with van der Waals surface area (Å²) in [5.41, 5.74) is 5.69. The molecule has 1 unspecified atom stereocenters. The molecule has 1 aromatic rings. The van der Waals surface area contributed by atoms with E-state index >= 15 is 0 Å². The molecule has 1 rings (SSSR count). The van der Waals surface area contributed by atoms with E-state index in [1.807, 2.05) is 0 Å². The quantitative estimate of drug-likeness (QED) is 0.815. The van der Waals surface area contributed by atoms with E-state index in [1.54, 1.807) is 45.0 Å². The van der Waals surface area contributed by atoms with Crippen LogP contribution in [0.25, 0.3) is 0 Å².